The summed E-state index contributed by atoms with van der Waals surface area (Å²) < 4.78 is 10.8. The lowest BCUT2D eigenvalue weighted by atomic mass is 9.96. The first kappa shape index (κ1) is 20.9. The molecule has 1 heterocycles. The second-order valence-corrected chi connectivity index (χ2v) is 7.75. The number of benzene rings is 3. The maximum Gasteiger partial charge on any atom is 0.258 e. The van der Waals surface area contributed by atoms with Gasteiger partial charge in [-0.05, 0) is 12.1 Å². The summed E-state index contributed by atoms with van der Waals surface area (Å²) in [5, 5.41) is 0. The predicted octanol–water partition coefficient (Wildman–Crippen LogP) is 2.83. The third kappa shape index (κ3) is 4.42. The van der Waals surface area contributed by atoms with Crippen molar-refractivity contribution in [1.29, 1.82) is 0 Å². The van der Waals surface area contributed by atoms with Gasteiger partial charge in [0.1, 0.15) is 6.04 Å². The highest BCUT2D eigenvalue weighted by atomic mass is 16.5. The smallest absolute Gasteiger partial charge is 0.258 e. The minimum Gasteiger partial charge on any atom is -0.493 e. The van der Waals surface area contributed by atoms with Gasteiger partial charge in [-0.15, -0.1) is 0 Å². The molecule has 1 fully saturated rings. The Morgan fingerprint density at radius 3 is 1.90 bits per heavy atom. The molecule has 0 bridgehead atoms. The number of hydrogen-bond donors (Lipinski definition) is 1. The molecule has 0 radical (unpaired) electrons. The molecule has 0 saturated carbocycles. The van der Waals surface area contributed by atoms with Crippen molar-refractivity contribution in [3.63, 3.8) is 0 Å². The number of nitrogens with one attached hydrogen (secondary N) is 1. The number of ether oxygens (including phenoxy) is 2. The van der Waals surface area contributed by atoms with E-state index in [4.69, 9.17) is 9.47 Å². The standard InChI is InChI=1S/C26H28N2O3/c1-30-23-15-9-14-22(25(23)31-2)26(29)28-18-16-27(17-19-28)24(20-10-5-3-6-11-20)21-12-7-4-8-13-21/h3-15,24H,16-19H2,1-2H3/p+1. The van der Waals surface area contributed by atoms with Gasteiger partial charge in [-0.3, -0.25) is 4.79 Å². The summed E-state index contributed by atoms with van der Waals surface area (Å²) >= 11 is 0. The van der Waals surface area contributed by atoms with Crippen LogP contribution in [0.3, 0.4) is 0 Å². The van der Waals surface area contributed by atoms with E-state index in [1.807, 2.05) is 17.0 Å². The average molecular weight is 418 g/mol. The van der Waals surface area contributed by atoms with Crippen molar-refractivity contribution in [2.45, 2.75) is 6.04 Å². The summed E-state index contributed by atoms with van der Waals surface area (Å²) in [6.45, 7) is 3.16. The lowest BCUT2D eigenvalue weighted by molar-refractivity contribution is -0.929. The van der Waals surface area contributed by atoms with Crippen molar-refractivity contribution in [2.24, 2.45) is 0 Å². The Labute approximate surface area is 183 Å². The van der Waals surface area contributed by atoms with Crippen LogP contribution in [0.4, 0.5) is 0 Å². The zero-order valence-corrected chi connectivity index (χ0v) is 18.1. The van der Waals surface area contributed by atoms with E-state index in [0.29, 0.717) is 30.2 Å². The Kier molecular flexibility index (Phi) is 6.53. The molecule has 0 unspecified atom stereocenters. The summed E-state index contributed by atoms with van der Waals surface area (Å²) in [6, 6.07) is 27.0. The number of carbonyl (C=O) groups excluding carboxylic acids is 1. The lowest BCUT2D eigenvalue weighted by Gasteiger charge is -2.37. The minimum absolute atomic E-state index is 0.00854. The first-order valence-electron chi connectivity index (χ1n) is 10.7. The molecule has 1 N–H and O–H groups in total. The summed E-state index contributed by atoms with van der Waals surface area (Å²) in [4.78, 5) is 16.6. The fourth-order valence-electron chi connectivity index (χ4n) is 4.47. The third-order valence-electron chi connectivity index (χ3n) is 6.00. The summed E-state index contributed by atoms with van der Waals surface area (Å²) in [5.41, 5.74) is 3.16. The van der Waals surface area contributed by atoms with E-state index in [2.05, 4.69) is 60.7 Å². The Morgan fingerprint density at radius 2 is 1.39 bits per heavy atom. The number of piperazine rings is 1. The van der Waals surface area contributed by atoms with Gasteiger partial charge in [0, 0.05) is 11.1 Å². The zero-order chi connectivity index (χ0) is 21.6. The largest absolute Gasteiger partial charge is 0.493 e. The predicted molar refractivity (Wildman–Crippen MR) is 121 cm³/mol. The molecule has 4 rings (SSSR count). The van der Waals surface area contributed by atoms with E-state index in [0.717, 1.165) is 13.1 Å². The summed E-state index contributed by atoms with van der Waals surface area (Å²) in [5.74, 6) is 1.06. The molecule has 1 aliphatic rings. The van der Waals surface area contributed by atoms with Crippen LogP contribution in [0.5, 0.6) is 11.5 Å². The van der Waals surface area contributed by atoms with Crippen LogP contribution < -0.4 is 14.4 Å². The van der Waals surface area contributed by atoms with Crippen molar-refractivity contribution in [2.75, 3.05) is 40.4 Å². The quantitative estimate of drug-likeness (QED) is 0.671. The number of carbonyl (C=O) groups is 1. The second kappa shape index (κ2) is 9.67. The topological polar surface area (TPSA) is 43.2 Å². The van der Waals surface area contributed by atoms with E-state index in [-0.39, 0.29) is 11.9 Å². The molecule has 31 heavy (non-hydrogen) atoms. The van der Waals surface area contributed by atoms with Gasteiger partial charge in [-0.25, -0.2) is 0 Å². The van der Waals surface area contributed by atoms with Crippen LogP contribution in [0, 0.1) is 0 Å². The maximum absolute atomic E-state index is 13.2. The zero-order valence-electron chi connectivity index (χ0n) is 18.1. The van der Waals surface area contributed by atoms with E-state index >= 15 is 0 Å². The highest BCUT2D eigenvalue weighted by Gasteiger charge is 2.32. The molecule has 0 atom stereocenters. The maximum atomic E-state index is 13.2. The van der Waals surface area contributed by atoms with Gasteiger partial charge < -0.3 is 19.3 Å². The molecular weight excluding hydrogens is 388 g/mol. The molecule has 160 valence electrons. The van der Waals surface area contributed by atoms with Crippen LogP contribution in [0.2, 0.25) is 0 Å². The number of para-hydroxylation sites is 1. The van der Waals surface area contributed by atoms with Gasteiger partial charge in [-0.1, -0.05) is 66.7 Å². The van der Waals surface area contributed by atoms with Gasteiger partial charge >= 0.3 is 0 Å². The molecule has 1 aliphatic heterocycles. The SMILES string of the molecule is COc1cccc(C(=O)N2CC[NH+](C(c3ccccc3)c3ccccc3)CC2)c1OC. The Balaban J connectivity index is 1.53. The molecule has 1 amide bonds. The van der Waals surface area contributed by atoms with Crippen LogP contribution in [0.15, 0.2) is 78.9 Å². The van der Waals surface area contributed by atoms with Crippen LogP contribution in [-0.4, -0.2) is 51.2 Å². The fraction of sp³-hybridized carbons (Fsp3) is 0.269. The number of hydrogen-bond acceptors (Lipinski definition) is 3. The van der Waals surface area contributed by atoms with Crippen LogP contribution in [0.25, 0.3) is 0 Å². The Morgan fingerprint density at radius 1 is 0.806 bits per heavy atom. The molecule has 3 aromatic rings. The van der Waals surface area contributed by atoms with Crippen LogP contribution in [0.1, 0.15) is 27.5 Å². The summed E-state index contributed by atoms with van der Waals surface area (Å²) in [7, 11) is 3.16. The Hall–Kier alpha value is -3.31. The molecular formula is C26H29N2O3+. The molecule has 0 aromatic heterocycles. The van der Waals surface area contributed by atoms with Crippen molar-refractivity contribution in [3.8, 4) is 11.5 Å². The normalized spacial score (nSPS) is 14.5. The lowest BCUT2D eigenvalue weighted by Crippen LogP contribution is -3.15. The number of rotatable bonds is 6. The summed E-state index contributed by atoms with van der Waals surface area (Å²) in [6.07, 6.45) is 0. The number of methoxy groups -OCH3 is 2. The molecule has 5 heteroatoms. The average Bonchev–Trinajstić information content (AvgIpc) is 2.85. The second-order valence-electron chi connectivity index (χ2n) is 7.75. The van der Waals surface area contributed by atoms with Gasteiger partial charge in [0.2, 0.25) is 0 Å². The van der Waals surface area contributed by atoms with Gasteiger partial charge in [0.05, 0.1) is 46.0 Å². The Bertz CT molecular complexity index is 960. The van der Waals surface area contributed by atoms with E-state index in [1.165, 1.54) is 16.0 Å². The molecule has 0 spiro atoms. The molecule has 0 aliphatic carbocycles. The van der Waals surface area contributed by atoms with Gasteiger partial charge in [0.25, 0.3) is 5.91 Å². The number of quaternary nitrogens is 1. The highest BCUT2D eigenvalue weighted by molar-refractivity contribution is 5.97. The highest BCUT2D eigenvalue weighted by Crippen LogP contribution is 2.31. The first-order chi connectivity index (χ1) is 15.2. The van der Waals surface area contributed by atoms with Gasteiger partial charge in [0.15, 0.2) is 11.5 Å². The first-order valence-corrected chi connectivity index (χ1v) is 10.7. The number of amides is 1. The van der Waals surface area contributed by atoms with Gasteiger partial charge in [-0.2, -0.15) is 0 Å². The van der Waals surface area contributed by atoms with E-state index < -0.39 is 0 Å². The third-order valence-corrected chi connectivity index (χ3v) is 6.00. The molecule has 1 saturated heterocycles. The monoisotopic (exact) mass is 417 g/mol. The fourth-order valence-corrected chi connectivity index (χ4v) is 4.47. The van der Waals surface area contributed by atoms with E-state index in [1.54, 1.807) is 20.3 Å². The molecule has 3 aromatic carbocycles. The van der Waals surface area contributed by atoms with Crippen molar-refractivity contribution >= 4 is 5.91 Å². The van der Waals surface area contributed by atoms with Crippen molar-refractivity contribution < 1.29 is 19.2 Å². The minimum atomic E-state index is -0.00854. The molecule has 5 nitrogen and oxygen atoms in total. The van der Waals surface area contributed by atoms with Crippen molar-refractivity contribution in [1.82, 2.24) is 4.90 Å². The van der Waals surface area contributed by atoms with Crippen molar-refractivity contribution in [3.05, 3.63) is 95.6 Å². The van der Waals surface area contributed by atoms with Crippen LogP contribution >= 0.6 is 0 Å². The van der Waals surface area contributed by atoms with Crippen LogP contribution in [-0.2, 0) is 0 Å². The number of nitrogens with zero attached hydrogens (tertiary/aromatic N) is 1. The van der Waals surface area contributed by atoms with E-state index in [9.17, 15) is 4.79 Å².